The number of imidazole rings is 1. The van der Waals surface area contributed by atoms with Gasteiger partial charge in [-0.05, 0) is 37.6 Å². The zero-order chi connectivity index (χ0) is 20.4. The highest BCUT2D eigenvalue weighted by Gasteiger charge is 2.17. The Morgan fingerprint density at radius 1 is 1.28 bits per heavy atom. The van der Waals surface area contributed by atoms with Crippen LogP contribution in [0.5, 0.6) is 0 Å². The summed E-state index contributed by atoms with van der Waals surface area (Å²) in [6.07, 6.45) is 3.60. The minimum atomic E-state index is -0.228. The molecule has 0 radical (unpaired) electrons. The molecule has 0 saturated heterocycles. The van der Waals surface area contributed by atoms with E-state index in [0.717, 1.165) is 16.4 Å². The average Bonchev–Trinajstić information content (AvgIpc) is 3.31. The Labute approximate surface area is 172 Å². The largest absolute Gasteiger partial charge is 0.443 e. The zero-order valence-electron chi connectivity index (χ0n) is 16.0. The van der Waals surface area contributed by atoms with E-state index < -0.39 is 0 Å². The van der Waals surface area contributed by atoms with Gasteiger partial charge in [-0.25, -0.2) is 4.98 Å². The molecule has 0 fully saturated rings. The van der Waals surface area contributed by atoms with E-state index in [1.54, 1.807) is 12.3 Å². The number of hydrogen-bond donors (Lipinski definition) is 1. The quantitative estimate of drug-likeness (QED) is 0.483. The highest BCUT2D eigenvalue weighted by molar-refractivity contribution is 7.99. The normalized spacial score (nSPS) is 10.8. The predicted octanol–water partition coefficient (Wildman–Crippen LogP) is 4.84. The number of benzene rings is 2. The molecule has 0 unspecified atom stereocenters. The summed E-state index contributed by atoms with van der Waals surface area (Å²) in [5.41, 5.74) is 4.34. The van der Waals surface area contributed by atoms with Crippen molar-refractivity contribution in [3.63, 3.8) is 0 Å². The van der Waals surface area contributed by atoms with Gasteiger partial charge in [0.05, 0.1) is 11.4 Å². The number of carbonyl (C=O) groups excluding carboxylic acids is 1. The molecule has 6 nitrogen and oxygen atoms in total. The summed E-state index contributed by atoms with van der Waals surface area (Å²) in [7, 11) is 0. The van der Waals surface area contributed by atoms with Crippen molar-refractivity contribution < 1.29 is 9.21 Å². The third kappa shape index (κ3) is 3.75. The van der Waals surface area contributed by atoms with Crippen molar-refractivity contribution in [1.82, 2.24) is 9.55 Å². The summed E-state index contributed by atoms with van der Waals surface area (Å²) in [6.45, 7) is 4.11. The third-order valence-electron chi connectivity index (χ3n) is 4.51. The lowest BCUT2D eigenvalue weighted by atomic mass is 10.1. The van der Waals surface area contributed by atoms with Gasteiger partial charge in [0.25, 0.3) is 0 Å². The smallest absolute Gasteiger partial charge is 0.234 e. The Balaban J connectivity index is 1.51. The second-order valence-electron chi connectivity index (χ2n) is 6.62. The molecular formula is C22H18N4O2S. The number of nitrogens with one attached hydrogen (secondary N) is 1. The summed E-state index contributed by atoms with van der Waals surface area (Å²) in [6, 6.07) is 15.5. The fourth-order valence-corrected chi connectivity index (χ4v) is 3.98. The van der Waals surface area contributed by atoms with Crippen LogP contribution in [0.3, 0.4) is 0 Å². The number of anilines is 1. The van der Waals surface area contributed by atoms with Crippen LogP contribution in [0.2, 0.25) is 0 Å². The number of hydrogen-bond acceptors (Lipinski definition) is 5. The number of furan rings is 1. The third-order valence-corrected chi connectivity index (χ3v) is 5.48. The Morgan fingerprint density at radius 2 is 2.10 bits per heavy atom. The summed E-state index contributed by atoms with van der Waals surface area (Å²) >= 11 is 1.34. The van der Waals surface area contributed by atoms with E-state index in [4.69, 9.17) is 4.42 Å². The van der Waals surface area contributed by atoms with Crippen molar-refractivity contribution in [2.45, 2.75) is 19.0 Å². The van der Waals surface area contributed by atoms with Gasteiger partial charge in [-0.3, -0.25) is 9.36 Å². The standard InChI is InChI=1S/C22H18N4O2S/c1-14-7-8-17(15(2)11-14)26-10-9-24-22(26)29-13-20(27)25-21-16-5-3-4-6-18(16)28-19(21)12-23/h3-11H,13H2,1-2H3,(H,25,27). The molecule has 0 saturated carbocycles. The van der Waals surface area contributed by atoms with E-state index in [1.165, 1.54) is 17.3 Å². The number of nitriles is 1. The maximum absolute atomic E-state index is 12.6. The molecule has 0 atom stereocenters. The molecule has 0 aliphatic carbocycles. The van der Waals surface area contributed by atoms with Crippen LogP contribution in [0, 0.1) is 25.2 Å². The summed E-state index contributed by atoms with van der Waals surface area (Å²) in [5, 5.41) is 13.6. The Morgan fingerprint density at radius 3 is 2.90 bits per heavy atom. The van der Waals surface area contributed by atoms with Crippen molar-refractivity contribution in [2.24, 2.45) is 0 Å². The number of carbonyl (C=O) groups is 1. The first-order chi connectivity index (χ1) is 14.1. The van der Waals surface area contributed by atoms with Gasteiger partial charge >= 0.3 is 0 Å². The predicted molar refractivity (Wildman–Crippen MR) is 113 cm³/mol. The SMILES string of the molecule is Cc1ccc(-n2ccnc2SCC(=O)Nc2c(C#N)oc3ccccc23)c(C)c1. The molecule has 1 N–H and O–H groups in total. The van der Waals surface area contributed by atoms with Crippen molar-refractivity contribution in [1.29, 1.82) is 5.26 Å². The second kappa shape index (κ2) is 7.86. The van der Waals surface area contributed by atoms with Crippen LogP contribution >= 0.6 is 11.8 Å². The van der Waals surface area contributed by atoms with E-state index in [-0.39, 0.29) is 17.4 Å². The molecule has 2 heterocycles. The minimum absolute atomic E-state index is 0.0985. The maximum Gasteiger partial charge on any atom is 0.234 e. The van der Waals surface area contributed by atoms with Crippen molar-refractivity contribution >= 4 is 34.3 Å². The van der Waals surface area contributed by atoms with Gasteiger partial charge in [0, 0.05) is 17.8 Å². The highest BCUT2D eigenvalue weighted by atomic mass is 32.2. The maximum atomic E-state index is 12.6. The van der Waals surface area contributed by atoms with Crippen molar-refractivity contribution in [3.05, 3.63) is 71.7 Å². The van der Waals surface area contributed by atoms with Gasteiger partial charge < -0.3 is 9.73 Å². The first kappa shape index (κ1) is 18.8. The van der Waals surface area contributed by atoms with Gasteiger partial charge in [-0.15, -0.1) is 0 Å². The Hall–Kier alpha value is -3.50. The molecule has 7 heteroatoms. The molecule has 29 heavy (non-hydrogen) atoms. The molecule has 0 aliphatic heterocycles. The lowest BCUT2D eigenvalue weighted by Gasteiger charge is -2.11. The van der Waals surface area contributed by atoms with Crippen LogP contribution < -0.4 is 5.32 Å². The fourth-order valence-electron chi connectivity index (χ4n) is 3.21. The van der Waals surface area contributed by atoms with E-state index in [2.05, 4.69) is 36.3 Å². The van der Waals surface area contributed by atoms with Crippen LogP contribution in [0.15, 0.2) is 64.4 Å². The Bertz CT molecular complexity index is 1250. The van der Waals surface area contributed by atoms with Gasteiger partial charge in [-0.2, -0.15) is 5.26 Å². The summed E-state index contributed by atoms with van der Waals surface area (Å²) < 4.78 is 7.47. The molecule has 0 aliphatic rings. The number of aryl methyl sites for hydroxylation is 2. The summed E-state index contributed by atoms with van der Waals surface area (Å²) in [5.74, 6) is 0.0290. The zero-order valence-corrected chi connectivity index (χ0v) is 16.8. The van der Waals surface area contributed by atoms with Gasteiger partial charge in [-0.1, -0.05) is 41.6 Å². The van der Waals surface area contributed by atoms with Crippen LogP contribution in [-0.2, 0) is 4.79 Å². The van der Waals surface area contributed by atoms with Crippen LogP contribution in [0.4, 0.5) is 5.69 Å². The van der Waals surface area contributed by atoms with Crippen LogP contribution in [-0.4, -0.2) is 21.2 Å². The van der Waals surface area contributed by atoms with Crippen LogP contribution in [0.1, 0.15) is 16.9 Å². The molecule has 144 valence electrons. The van der Waals surface area contributed by atoms with E-state index in [0.29, 0.717) is 16.7 Å². The molecular weight excluding hydrogens is 384 g/mol. The van der Waals surface area contributed by atoms with Crippen molar-refractivity contribution in [3.8, 4) is 11.8 Å². The minimum Gasteiger partial charge on any atom is -0.443 e. The Kier molecular flexibility index (Phi) is 5.10. The molecule has 0 spiro atoms. The topological polar surface area (TPSA) is 83.9 Å². The number of nitrogens with zero attached hydrogens (tertiary/aromatic N) is 3. The molecule has 4 aromatic rings. The van der Waals surface area contributed by atoms with Gasteiger partial charge in [0.2, 0.25) is 11.7 Å². The van der Waals surface area contributed by atoms with Crippen molar-refractivity contribution in [2.75, 3.05) is 11.1 Å². The van der Waals surface area contributed by atoms with Gasteiger partial charge in [0.1, 0.15) is 17.3 Å². The molecule has 2 aromatic heterocycles. The molecule has 1 amide bonds. The monoisotopic (exact) mass is 402 g/mol. The number of rotatable bonds is 5. The number of thioether (sulfide) groups is 1. The van der Waals surface area contributed by atoms with Gasteiger partial charge in [0.15, 0.2) is 5.16 Å². The van der Waals surface area contributed by atoms with Crippen LogP contribution in [0.25, 0.3) is 16.7 Å². The lowest BCUT2D eigenvalue weighted by molar-refractivity contribution is -0.113. The molecule has 2 aromatic carbocycles. The number of para-hydroxylation sites is 1. The van der Waals surface area contributed by atoms with E-state index in [1.807, 2.05) is 41.1 Å². The number of aromatic nitrogens is 2. The lowest BCUT2D eigenvalue weighted by Crippen LogP contribution is -2.15. The number of amides is 1. The molecule has 4 rings (SSSR count). The van der Waals surface area contributed by atoms with E-state index in [9.17, 15) is 10.1 Å². The van der Waals surface area contributed by atoms with E-state index >= 15 is 0 Å². The average molecular weight is 402 g/mol. The summed E-state index contributed by atoms with van der Waals surface area (Å²) in [4.78, 5) is 16.9. The number of fused-ring (bicyclic) bond motifs is 1. The first-order valence-electron chi connectivity index (χ1n) is 9.02. The second-order valence-corrected chi connectivity index (χ2v) is 7.56. The molecule has 0 bridgehead atoms. The first-order valence-corrected chi connectivity index (χ1v) is 10.0. The fraction of sp³-hybridized carbons (Fsp3) is 0.136. The highest BCUT2D eigenvalue weighted by Crippen LogP contribution is 2.30.